The van der Waals surface area contributed by atoms with Crippen LogP contribution in [-0.2, 0) is 9.53 Å². The van der Waals surface area contributed by atoms with Gasteiger partial charge in [-0.1, -0.05) is 66.2 Å². The van der Waals surface area contributed by atoms with Gasteiger partial charge >= 0.3 is 5.97 Å². The fourth-order valence-electron chi connectivity index (χ4n) is 1.99. The van der Waals surface area contributed by atoms with Crippen molar-refractivity contribution >= 4 is 5.97 Å². The van der Waals surface area contributed by atoms with Gasteiger partial charge in [0, 0.05) is 6.54 Å². The first-order valence-corrected chi connectivity index (χ1v) is 7.14. The smallest absolute Gasteiger partial charge is 0.317 e. The largest absolute Gasteiger partial charge is 0.468 e. The van der Waals surface area contributed by atoms with Crippen LogP contribution in [0.2, 0.25) is 0 Å². The zero-order valence-corrected chi connectivity index (χ0v) is 13.2. The number of methoxy groups -OCH3 is 1. The summed E-state index contributed by atoms with van der Waals surface area (Å²) in [5.74, 6) is -0.582. The Kier molecular flexibility index (Phi) is 7.65. The molecule has 0 bridgehead atoms. The minimum Gasteiger partial charge on any atom is -0.468 e. The first kappa shape index (κ1) is 17.7. The molecule has 0 saturated heterocycles. The van der Waals surface area contributed by atoms with E-state index < -0.39 is 0 Å². The number of ether oxygens (including phenoxy) is 1. The number of rotatable bonds is 4. The summed E-state index contributed by atoms with van der Waals surface area (Å²) in [5, 5.41) is 0. The highest BCUT2D eigenvalue weighted by Crippen LogP contribution is 2.26. The summed E-state index contributed by atoms with van der Waals surface area (Å²) in [7, 11) is 1.42. The molecule has 0 spiro atoms. The van der Waals surface area contributed by atoms with E-state index in [0.717, 1.165) is 11.1 Å². The SMILES string of the molecule is C=CCN.COC(=O)C(c1ccccc1)c1ccc(C)cc1. The average molecular weight is 297 g/mol. The Morgan fingerprint density at radius 2 is 1.64 bits per heavy atom. The Morgan fingerprint density at radius 3 is 2.09 bits per heavy atom. The maximum absolute atomic E-state index is 12.0. The molecule has 3 heteroatoms. The van der Waals surface area contributed by atoms with E-state index in [1.807, 2.05) is 61.5 Å². The highest BCUT2D eigenvalue weighted by Gasteiger charge is 2.22. The minimum absolute atomic E-state index is 0.231. The lowest BCUT2D eigenvalue weighted by molar-refractivity contribution is -0.141. The van der Waals surface area contributed by atoms with E-state index in [0.29, 0.717) is 6.54 Å². The molecule has 2 aromatic rings. The molecule has 1 unspecified atom stereocenters. The van der Waals surface area contributed by atoms with Crippen molar-refractivity contribution < 1.29 is 9.53 Å². The number of carbonyl (C=O) groups excluding carboxylic acids is 1. The topological polar surface area (TPSA) is 52.3 Å². The number of hydrogen-bond donors (Lipinski definition) is 1. The molecule has 0 aromatic heterocycles. The monoisotopic (exact) mass is 297 g/mol. The summed E-state index contributed by atoms with van der Waals surface area (Å²) < 4.78 is 4.91. The molecule has 3 nitrogen and oxygen atoms in total. The van der Waals surface area contributed by atoms with Crippen molar-refractivity contribution in [3.8, 4) is 0 Å². The molecule has 116 valence electrons. The fraction of sp³-hybridized carbons (Fsp3) is 0.211. The molecule has 0 heterocycles. The maximum Gasteiger partial charge on any atom is 0.317 e. The summed E-state index contributed by atoms with van der Waals surface area (Å²) >= 11 is 0. The third kappa shape index (κ3) is 5.19. The molecule has 0 aliphatic rings. The summed E-state index contributed by atoms with van der Waals surface area (Å²) in [6.45, 7) is 5.96. The van der Waals surface area contributed by atoms with E-state index in [1.165, 1.54) is 12.7 Å². The van der Waals surface area contributed by atoms with Crippen LogP contribution in [0.15, 0.2) is 67.3 Å². The molecule has 1 atom stereocenters. The van der Waals surface area contributed by atoms with Gasteiger partial charge in [0.2, 0.25) is 0 Å². The summed E-state index contributed by atoms with van der Waals surface area (Å²) in [4.78, 5) is 12.0. The Labute approximate surface area is 132 Å². The predicted molar refractivity (Wildman–Crippen MR) is 90.7 cm³/mol. The molecule has 0 saturated carbocycles. The summed E-state index contributed by atoms with van der Waals surface area (Å²) in [5.41, 5.74) is 8.00. The molecule has 2 rings (SSSR count). The molecule has 22 heavy (non-hydrogen) atoms. The van der Waals surface area contributed by atoms with Crippen LogP contribution in [-0.4, -0.2) is 19.6 Å². The molecular weight excluding hydrogens is 274 g/mol. The van der Waals surface area contributed by atoms with E-state index in [2.05, 4.69) is 6.58 Å². The lowest BCUT2D eigenvalue weighted by Gasteiger charge is -2.15. The number of benzene rings is 2. The number of carbonyl (C=O) groups is 1. The van der Waals surface area contributed by atoms with E-state index in [-0.39, 0.29) is 11.9 Å². The van der Waals surface area contributed by atoms with Gasteiger partial charge in [-0.15, -0.1) is 6.58 Å². The van der Waals surface area contributed by atoms with E-state index in [9.17, 15) is 4.79 Å². The van der Waals surface area contributed by atoms with Gasteiger partial charge in [0.05, 0.1) is 7.11 Å². The molecule has 0 radical (unpaired) electrons. The van der Waals surface area contributed by atoms with Crippen LogP contribution in [0.1, 0.15) is 22.6 Å². The highest BCUT2D eigenvalue weighted by atomic mass is 16.5. The van der Waals surface area contributed by atoms with Crippen molar-refractivity contribution in [2.24, 2.45) is 5.73 Å². The molecule has 2 aromatic carbocycles. The second-order valence-electron chi connectivity index (χ2n) is 4.80. The van der Waals surface area contributed by atoms with Crippen LogP contribution >= 0.6 is 0 Å². The quantitative estimate of drug-likeness (QED) is 0.695. The Bertz CT molecular complexity index is 576. The van der Waals surface area contributed by atoms with Gasteiger partial charge in [-0.05, 0) is 18.1 Å². The average Bonchev–Trinajstić information content (AvgIpc) is 2.58. The normalized spacial score (nSPS) is 10.9. The summed E-state index contributed by atoms with van der Waals surface area (Å²) in [6.07, 6.45) is 1.65. The Hall–Kier alpha value is -2.39. The second-order valence-corrected chi connectivity index (χ2v) is 4.80. The molecule has 2 N–H and O–H groups in total. The number of nitrogens with two attached hydrogens (primary N) is 1. The number of aryl methyl sites for hydroxylation is 1. The number of esters is 1. The van der Waals surface area contributed by atoms with Crippen molar-refractivity contribution in [2.45, 2.75) is 12.8 Å². The summed E-state index contributed by atoms with van der Waals surface area (Å²) in [6, 6.07) is 17.7. The number of hydrogen-bond acceptors (Lipinski definition) is 3. The molecule has 0 fully saturated rings. The van der Waals surface area contributed by atoms with E-state index >= 15 is 0 Å². The van der Waals surface area contributed by atoms with Crippen molar-refractivity contribution in [3.05, 3.63) is 83.9 Å². The van der Waals surface area contributed by atoms with Crippen molar-refractivity contribution in [1.82, 2.24) is 0 Å². The van der Waals surface area contributed by atoms with Gasteiger partial charge in [0.15, 0.2) is 0 Å². The maximum atomic E-state index is 12.0. The second kappa shape index (κ2) is 9.53. The molecule has 0 aliphatic heterocycles. The highest BCUT2D eigenvalue weighted by molar-refractivity contribution is 5.82. The van der Waals surface area contributed by atoms with Gasteiger partial charge in [0.1, 0.15) is 5.92 Å². The standard InChI is InChI=1S/C16H16O2.C3H7N/c1-12-8-10-14(11-9-12)15(16(17)18-2)13-6-4-3-5-7-13;1-2-3-4/h3-11,15H,1-2H3;2H,1,3-4H2. The fourth-order valence-corrected chi connectivity index (χ4v) is 1.99. The first-order valence-electron chi connectivity index (χ1n) is 7.14. The van der Waals surface area contributed by atoms with Gasteiger partial charge in [-0.25, -0.2) is 0 Å². The van der Waals surface area contributed by atoms with E-state index in [1.54, 1.807) is 6.08 Å². The molecular formula is C19H23NO2. The van der Waals surface area contributed by atoms with Gasteiger partial charge in [-0.3, -0.25) is 4.79 Å². The third-order valence-electron chi connectivity index (χ3n) is 3.15. The van der Waals surface area contributed by atoms with Crippen LogP contribution in [0.3, 0.4) is 0 Å². The lowest BCUT2D eigenvalue weighted by atomic mass is 9.91. The van der Waals surface area contributed by atoms with E-state index in [4.69, 9.17) is 10.5 Å². The Balaban J connectivity index is 0.000000541. The Morgan fingerprint density at radius 1 is 1.14 bits per heavy atom. The molecule has 0 amide bonds. The van der Waals surface area contributed by atoms with Gasteiger partial charge < -0.3 is 10.5 Å². The van der Waals surface area contributed by atoms with Crippen LogP contribution < -0.4 is 5.73 Å². The van der Waals surface area contributed by atoms with Crippen molar-refractivity contribution in [2.75, 3.05) is 13.7 Å². The molecule has 0 aliphatic carbocycles. The third-order valence-corrected chi connectivity index (χ3v) is 3.15. The van der Waals surface area contributed by atoms with Crippen LogP contribution in [0.5, 0.6) is 0 Å². The lowest BCUT2D eigenvalue weighted by Crippen LogP contribution is -2.15. The van der Waals surface area contributed by atoms with Crippen LogP contribution in [0.4, 0.5) is 0 Å². The van der Waals surface area contributed by atoms with Crippen LogP contribution in [0, 0.1) is 6.92 Å². The van der Waals surface area contributed by atoms with Gasteiger partial charge in [0.25, 0.3) is 0 Å². The zero-order chi connectivity index (χ0) is 16.4. The van der Waals surface area contributed by atoms with Crippen LogP contribution in [0.25, 0.3) is 0 Å². The first-order chi connectivity index (χ1) is 10.6. The van der Waals surface area contributed by atoms with Gasteiger partial charge in [-0.2, -0.15) is 0 Å². The zero-order valence-electron chi connectivity index (χ0n) is 13.2. The van der Waals surface area contributed by atoms with Crippen molar-refractivity contribution in [1.29, 1.82) is 0 Å². The van der Waals surface area contributed by atoms with Crippen molar-refractivity contribution in [3.63, 3.8) is 0 Å². The minimum atomic E-state index is -0.350. The predicted octanol–water partition coefficient (Wildman–Crippen LogP) is 3.43.